The number of carbonyl (C=O) groups is 1. The topological polar surface area (TPSA) is 80.2 Å². The molecule has 0 unspecified atom stereocenters. The zero-order valence-corrected chi connectivity index (χ0v) is 14.0. The van der Waals surface area contributed by atoms with E-state index in [1.165, 1.54) is 19.2 Å². The minimum Gasteiger partial charge on any atom is -0.491 e. The lowest BCUT2D eigenvalue weighted by molar-refractivity contribution is 0.0697. The van der Waals surface area contributed by atoms with Gasteiger partial charge < -0.3 is 14.6 Å². The predicted octanol–water partition coefficient (Wildman–Crippen LogP) is 3.89. The van der Waals surface area contributed by atoms with Crippen molar-refractivity contribution in [2.75, 3.05) is 19.1 Å². The maximum Gasteiger partial charge on any atom is 0.335 e. The summed E-state index contributed by atoms with van der Waals surface area (Å²) in [5.41, 5.74) is 4.44. The molecule has 2 N–H and O–H groups in total. The minimum atomic E-state index is -0.971. The Bertz CT molecular complexity index is 745. The van der Waals surface area contributed by atoms with Gasteiger partial charge in [-0.1, -0.05) is 11.6 Å². The zero-order chi connectivity index (χ0) is 17.5. The van der Waals surface area contributed by atoms with Gasteiger partial charge in [0, 0.05) is 0 Å². The van der Waals surface area contributed by atoms with Crippen molar-refractivity contribution in [2.24, 2.45) is 5.10 Å². The first-order valence-electron chi connectivity index (χ1n) is 7.18. The number of methoxy groups -OCH3 is 1. The van der Waals surface area contributed by atoms with Gasteiger partial charge in [0.25, 0.3) is 0 Å². The predicted molar refractivity (Wildman–Crippen MR) is 93.8 cm³/mol. The number of ether oxygens (including phenoxy) is 2. The van der Waals surface area contributed by atoms with E-state index in [0.29, 0.717) is 28.8 Å². The summed E-state index contributed by atoms with van der Waals surface area (Å²) in [4.78, 5) is 10.8. The van der Waals surface area contributed by atoms with Crippen LogP contribution in [0.25, 0.3) is 0 Å². The van der Waals surface area contributed by atoms with Crippen LogP contribution in [0.2, 0.25) is 5.02 Å². The van der Waals surface area contributed by atoms with E-state index in [-0.39, 0.29) is 5.56 Å². The molecule has 0 fully saturated rings. The first-order chi connectivity index (χ1) is 11.5. The molecular formula is C17H17ClN2O4. The molecular weight excluding hydrogens is 332 g/mol. The summed E-state index contributed by atoms with van der Waals surface area (Å²) in [7, 11) is 1.53. The number of hydrogen-bond acceptors (Lipinski definition) is 5. The third-order valence-corrected chi connectivity index (χ3v) is 3.36. The third kappa shape index (κ3) is 4.39. The Kier molecular flexibility index (Phi) is 6.03. The average Bonchev–Trinajstić information content (AvgIpc) is 2.55. The Morgan fingerprint density at radius 1 is 1.33 bits per heavy atom. The van der Waals surface area contributed by atoms with Crippen molar-refractivity contribution in [1.29, 1.82) is 0 Å². The molecule has 0 aliphatic heterocycles. The normalized spacial score (nSPS) is 10.6. The fraction of sp³-hybridized carbons (Fsp3) is 0.176. The standard InChI is InChI=1S/C17H17ClN2O4/c1-3-24-15-9-11(8-14(18)16(15)23-2)10-19-20-13-6-4-12(5-7-13)17(21)22/h4-10,20H,3H2,1-2H3,(H,21,22). The molecule has 0 radical (unpaired) electrons. The molecule has 7 heteroatoms. The van der Waals surface area contributed by atoms with Crippen LogP contribution in [-0.2, 0) is 0 Å². The molecule has 0 aliphatic rings. The number of halogens is 1. The van der Waals surface area contributed by atoms with E-state index in [4.69, 9.17) is 26.2 Å². The van der Waals surface area contributed by atoms with E-state index in [1.807, 2.05) is 6.92 Å². The molecule has 6 nitrogen and oxygen atoms in total. The fourth-order valence-corrected chi connectivity index (χ4v) is 2.29. The van der Waals surface area contributed by atoms with Gasteiger partial charge in [-0.2, -0.15) is 5.10 Å². The number of rotatable bonds is 7. The number of carboxylic acid groups (broad SMARTS) is 1. The van der Waals surface area contributed by atoms with E-state index in [1.54, 1.807) is 30.5 Å². The van der Waals surface area contributed by atoms with Gasteiger partial charge in [-0.25, -0.2) is 4.79 Å². The van der Waals surface area contributed by atoms with Crippen molar-refractivity contribution in [3.05, 3.63) is 52.5 Å². The second kappa shape index (κ2) is 8.21. The number of hydrogen-bond donors (Lipinski definition) is 2. The highest BCUT2D eigenvalue weighted by atomic mass is 35.5. The van der Waals surface area contributed by atoms with Crippen LogP contribution >= 0.6 is 11.6 Å². The van der Waals surface area contributed by atoms with E-state index in [9.17, 15) is 4.79 Å². The largest absolute Gasteiger partial charge is 0.491 e. The highest BCUT2D eigenvalue weighted by molar-refractivity contribution is 6.32. The number of aromatic carboxylic acids is 1. The molecule has 0 saturated carbocycles. The Labute approximate surface area is 144 Å². The van der Waals surface area contributed by atoms with Crippen LogP contribution in [0.5, 0.6) is 11.5 Å². The zero-order valence-electron chi connectivity index (χ0n) is 13.2. The monoisotopic (exact) mass is 348 g/mol. The van der Waals surface area contributed by atoms with Gasteiger partial charge in [0.2, 0.25) is 0 Å². The van der Waals surface area contributed by atoms with Crippen LogP contribution in [0, 0.1) is 0 Å². The number of benzene rings is 2. The van der Waals surface area contributed by atoms with Crippen LogP contribution in [0.1, 0.15) is 22.8 Å². The number of anilines is 1. The first-order valence-corrected chi connectivity index (χ1v) is 7.55. The van der Waals surface area contributed by atoms with Gasteiger partial charge in [-0.3, -0.25) is 5.43 Å². The number of nitrogens with zero attached hydrogens (tertiary/aromatic N) is 1. The summed E-state index contributed by atoms with van der Waals surface area (Å²) >= 11 is 6.17. The van der Waals surface area contributed by atoms with Gasteiger partial charge in [-0.15, -0.1) is 0 Å². The first kappa shape index (κ1) is 17.6. The lowest BCUT2D eigenvalue weighted by Gasteiger charge is -2.11. The van der Waals surface area contributed by atoms with Crippen LogP contribution in [0.4, 0.5) is 5.69 Å². The second-order valence-electron chi connectivity index (χ2n) is 4.72. The molecule has 0 heterocycles. The summed E-state index contributed by atoms with van der Waals surface area (Å²) in [6.07, 6.45) is 1.58. The van der Waals surface area contributed by atoms with Crippen molar-refractivity contribution in [2.45, 2.75) is 6.92 Å². The number of carboxylic acids is 1. The molecule has 0 aromatic heterocycles. The van der Waals surface area contributed by atoms with E-state index < -0.39 is 5.97 Å². The quantitative estimate of drug-likeness (QED) is 0.586. The number of nitrogens with one attached hydrogen (secondary N) is 1. The van der Waals surface area contributed by atoms with Crippen molar-refractivity contribution < 1.29 is 19.4 Å². The molecule has 2 aromatic rings. The summed E-state index contributed by atoms with van der Waals surface area (Å²) in [6.45, 7) is 2.36. The van der Waals surface area contributed by atoms with Gasteiger partial charge in [-0.05, 0) is 48.9 Å². The molecule has 24 heavy (non-hydrogen) atoms. The van der Waals surface area contributed by atoms with Crippen molar-refractivity contribution in [3.8, 4) is 11.5 Å². The van der Waals surface area contributed by atoms with Gasteiger partial charge in [0.05, 0.1) is 36.2 Å². The van der Waals surface area contributed by atoms with Crippen LogP contribution in [-0.4, -0.2) is 31.0 Å². The van der Waals surface area contributed by atoms with Crippen molar-refractivity contribution in [3.63, 3.8) is 0 Å². The van der Waals surface area contributed by atoms with Gasteiger partial charge in [0.15, 0.2) is 11.5 Å². The molecule has 0 aliphatic carbocycles. The molecule has 0 spiro atoms. The summed E-state index contributed by atoms with van der Waals surface area (Å²) < 4.78 is 10.7. The van der Waals surface area contributed by atoms with E-state index in [2.05, 4.69) is 10.5 Å². The molecule has 0 atom stereocenters. The Morgan fingerprint density at radius 2 is 2.04 bits per heavy atom. The highest BCUT2D eigenvalue weighted by Crippen LogP contribution is 2.35. The molecule has 0 bridgehead atoms. The number of hydrazone groups is 1. The van der Waals surface area contributed by atoms with Crippen LogP contribution in [0.3, 0.4) is 0 Å². The molecule has 2 rings (SSSR count). The van der Waals surface area contributed by atoms with Crippen LogP contribution < -0.4 is 14.9 Å². The summed E-state index contributed by atoms with van der Waals surface area (Å²) in [6, 6.07) is 9.74. The van der Waals surface area contributed by atoms with Gasteiger partial charge >= 0.3 is 5.97 Å². The molecule has 126 valence electrons. The van der Waals surface area contributed by atoms with Gasteiger partial charge in [0.1, 0.15) is 0 Å². The smallest absolute Gasteiger partial charge is 0.335 e. The maximum atomic E-state index is 10.8. The van der Waals surface area contributed by atoms with Crippen LogP contribution in [0.15, 0.2) is 41.5 Å². The lowest BCUT2D eigenvalue weighted by Crippen LogP contribution is -1.98. The SMILES string of the molecule is CCOc1cc(C=NNc2ccc(C(=O)O)cc2)cc(Cl)c1OC. The van der Waals surface area contributed by atoms with Crippen molar-refractivity contribution in [1.82, 2.24) is 0 Å². The Morgan fingerprint density at radius 3 is 2.62 bits per heavy atom. The Hall–Kier alpha value is -2.73. The fourth-order valence-electron chi connectivity index (χ4n) is 1.99. The molecule has 2 aromatic carbocycles. The van der Waals surface area contributed by atoms with Crippen molar-refractivity contribution >= 4 is 29.5 Å². The Balaban J connectivity index is 2.12. The third-order valence-electron chi connectivity index (χ3n) is 3.07. The minimum absolute atomic E-state index is 0.216. The molecule has 0 saturated heterocycles. The van der Waals surface area contributed by atoms with E-state index in [0.717, 1.165) is 5.56 Å². The average molecular weight is 349 g/mol. The lowest BCUT2D eigenvalue weighted by atomic mass is 10.2. The second-order valence-corrected chi connectivity index (χ2v) is 5.13. The molecule has 0 amide bonds. The summed E-state index contributed by atoms with van der Waals surface area (Å²) in [5, 5.41) is 13.4. The van der Waals surface area contributed by atoms with E-state index >= 15 is 0 Å². The highest BCUT2D eigenvalue weighted by Gasteiger charge is 2.10. The maximum absolute atomic E-state index is 10.8. The summed E-state index contributed by atoms with van der Waals surface area (Å²) in [5.74, 6) is 0.0500.